The number of hydrogen-bond donors (Lipinski definition) is 1. The lowest BCUT2D eigenvalue weighted by Gasteiger charge is -2.21. The molecule has 2 rings (SSSR count). The van der Waals surface area contributed by atoms with Crippen LogP contribution >= 0.6 is 11.8 Å². The van der Waals surface area contributed by atoms with Crippen LogP contribution in [0.2, 0.25) is 0 Å². The number of aryl methyl sites for hydroxylation is 1. The smallest absolute Gasteiger partial charge is 0.0583 e. The quantitative estimate of drug-likeness (QED) is 0.789. The van der Waals surface area contributed by atoms with E-state index in [1.165, 1.54) is 43.6 Å². The lowest BCUT2D eigenvalue weighted by atomic mass is 10.2. The van der Waals surface area contributed by atoms with Crippen molar-refractivity contribution in [2.75, 3.05) is 12.3 Å². The summed E-state index contributed by atoms with van der Waals surface area (Å²) in [5.74, 6) is 1.18. The highest BCUT2D eigenvalue weighted by Crippen LogP contribution is 2.32. The summed E-state index contributed by atoms with van der Waals surface area (Å²) in [6, 6.07) is 2.62. The molecule has 4 heteroatoms. The number of aromatic nitrogens is 2. The molecule has 1 fully saturated rings. The fourth-order valence-corrected chi connectivity index (χ4v) is 4.18. The van der Waals surface area contributed by atoms with E-state index in [9.17, 15) is 0 Å². The van der Waals surface area contributed by atoms with Gasteiger partial charge in [0.2, 0.25) is 0 Å². The molecule has 1 aliphatic carbocycles. The summed E-state index contributed by atoms with van der Waals surface area (Å²) in [4.78, 5) is 0. The Bertz CT molecular complexity index is 358. The van der Waals surface area contributed by atoms with Crippen molar-refractivity contribution in [2.24, 2.45) is 0 Å². The fourth-order valence-electron chi connectivity index (χ4n) is 2.76. The maximum atomic E-state index is 4.41. The molecular formula is C15H27N3S. The van der Waals surface area contributed by atoms with Gasteiger partial charge in [-0.15, -0.1) is 0 Å². The van der Waals surface area contributed by atoms with Crippen molar-refractivity contribution in [1.82, 2.24) is 15.1 Å². The van der Waals surface area contributed by atoms with Gasteiger partial charge in [-0.1, -0.05) is 19.8 Å². The summed E-state index contributed by atoms with van der Waals surface area (Å²) in [6.07, 6.45) is 8.80. The Hall–Kier alpha value is -0.480. The van der Waals surface area contributed by atoms with E-state index in [-0.39, 0.29) is 0 Å². The number of hydrogen-bond acceptors (Lipinski definition) is 3. The third kappa shape index (κ3) is 4.25. The highest BCUT2D eigenvalue weighted by Gasteiger charge is 2.20. The molecular weight excluding hydrogens is 254 g/mol. The van der Waals surface area contributed by atoms with Crippen molar-refractivity contribution in [3.05, 3.63) is 18.0 Å². The molecule has 0 radical (unpaired) electrons. The first-order chi connectivity index (χ1) is 9.35. The molecule has 0 saturated heterocycles. The molecule has 1 N–H and O–H groups in total. The van der Waals surface area contributed by atoms with E-state index in [0.717, 1.165) is 18.3 Å². The Morgan fingerprint density at radius 1 is 1.42 bits per heavy atom. The third-order valence-electron chi connectivity index (χ3n) is 3.85. The molecule has 3 nitrogen and oxygen atoms in total. The molecule has 0 spiro atoms. The predicted molar refractivity (Wildman–Crippen MR) is 83.6 cm³/mol. The van der Waals surface area contributed by atoms with Crippen molar-refractivity contribution < 1.29 is 0 Å². The highest BCUT2D eigenvalue weighted by atomic mass is 32.2. The first-order valence-corrected chi connectivity index (χ1v) is 8.76. The summed E-state index contributed by atoms with van der Waals surface area (Å²) in [5, 5.41) is 8.99. The van der Waals surface area contributed by atoms with Gasteiger partial charge in [0.05, 0.1) is 11.7 Å². The van der Waals surface area contributed by atoms with E-state index < -0.39 is 0 Å². The maximum absolute atomic E-state index is 4.41. The van der Waals surface area contributed by atoms with Crippen LogP contribution in [-0.2, 0) is 6.54 Å². The molecule has 0 bridgehead atoms. The Labute approximate surface area is 121 Å². The minimum absolute atomic E-state index is 0.452. The second-order valence-corrected chi connectivity index (χ2v) is 6.65. The van der Waals surface area contributed by atoms with Crippen molar-refractivity contribution in [2.45, 2.75) is 63.8 Å². The van der Waals surface area contributed by atoms with Gasteiger partial charge in [-0.05, 0) is 38.8 Å². The van der Waals surface area contributed by atoms with Crippen LogP contribution in [0.25, 0.3) is 0 Å². The largest absolute Gasteiger partial charge is 0.308 e. The highest BCUT2D eigenvalue weighted by molar-refractivity contribution is 7.99. The summed E-state index contributed by atoms with van der Waals surface area (Å²) in [7, 11) is 0. The zero-order chi connectivity index (χ0) is 13.5. The van der Waals surface area contributed by atoms with E-state index in [1.807, 2.05) is 6.20 Å². The van der Waals surface area contributed by atoms with Gasteiger partial charge in [-0.2, -0.15) is 16.9 Å². The van der Waals surface area contributed by atoms with Crippen LogP contribution in [0.1, 0.15) is 57.7 Å². The molecule has 108 valence electrons. The Morgan fingerprint density at radius 2 is 2.21 bits per heavy atom. The van der Waals surface area contributed by atoms with Crippen LogP contribution in [-0.4, -0.2) is 27.3 Å². The van der Waals surface area contributed by atoms with E-state index in [4.69, 9.17) is 0 Å². The number of rotatable bonds is 8. The van der Waals surface area contributed by atoms with Crippen LogP contribution in [0.3, 0.4) is 0 Å². The predicted octanol–water partition coefficient (Wildman–Crippen LogP) is 3.62. The molecule has 1 atom stereocenters. The Morgan fingerprint density at radius 3 is 2.89 bits per heavy atom. The fraction of sp³-hybridized carbons (Fsp3) is 0.800. The normalized spacial score (nSPS) is 18.0. The summed E-state index contributed by atoms with van der Waals surface area (Å²) >= 11 is 2.16. The van der Waals surface area contributed by atoms with Crippen molar-refractivity contribution in [3.63, 3.8) is 0 Å². The first kappa shape index (κ1) is 14.9. The molecule has 1 saturated carbocycles. The van der Waals surface area contributed by atoms with Gasteiger partial charge in [0.25, 0.3) is 0 Å². The van der Waals surface area contributed by atoms with Crippen LogP contribution in [0.5, 0.6) is 0 Å². The van der Waals surface area contributed by atoms with Crippen LogP contribution in [0, 0.1) is 0 Å². The van der Waals surface area contributed by atoms with Crippen LogP contribution < -0.4 is 5.32 Å². The van der Waals surface area contributed by atoms with Gasteiger partial charge in [-0.25, -0.2) is 0 Å². The molecule has 0 aliphatic heterocycles. The standard InChI is InChI=1S/C15H27N3S/c1-3-10-16-14(12-19-13-7-5-6-8-13)15-9-11-17-18(15)4-2/h9,11,13-14,16H,3-8,10,12H2,1-2H3. The zero-order valence-corrected chi connectivity index (χ0v) is 13.1. The van der Waals surface area contributed by atoms with E-state index in [0.29, 0.717) is 6.04 Å². The van der Waals surface area contributed by atoms with E-state index >= 15 is 0 Å². The SMILES string of the molecule is CCCNC(CSC1CCCC1)c1ccnn1CC. The van der Waals surface area contributed by atoms with Gasteiger partial charge < -0.3 is 5.32 Å². The first-order valence-electron chi connectivity index (χ1n) is 7.71. The van der Waals surface area contributed by atoms with Gasteiger partial charge in [0, 0.05) is 23.7 Å². The van der Waals surface area contributed by atoms with Gasteiger partial charge in [0.15, 0.2) is 0 Å². The van der Waals surface area contributed by atoms with Gasteiger partial charge >= 0.3 is 0 Å². The summed E-state index contributed by atoms with van der Waals surface area (Å²) in [6.45, 7) is 6.44. The summed E-state index contributed by atoms with van der Waals surface area (Å²) < 4.78 is 2.13. The van der Waals surface area contributed by atoms with Crippen molar-refractivity contribution >= 4 is 11.8 Å². The van der Waals surface area contributed by atoms with Crippen molar-refractivity contribution in [1.29, 1.82) is 0 Å². The lowest BCUT2D eigenvalue weighted by molar-refractivity contribution is 0.513. The second-order valence-electron chi connectivity index (χ2n) is 5.32. The molecule has 1 aliphatic rings. The molecule has 19 heavy (non-hydrogen) atoms. The van der Waals surface area contributed by atoms with Gasteiger partial charge in [-0.3, -0.25) is 4.68 Å². The number of nitrogens with zero attached hydrogens (tertiary/aromatic N) is 2. The minimum atomic E-state index is 0.452. The maximum Gasteiger partial charge on any atom is 0.0583 e. The average Bonchev–Trinajstić information content (AvgIpc) is 3.09. The Kier molecular flexibility index (Phi) is 6.24. The molecule has 1 unspecified atom stereocenters. The molecule has 1 heterocycles. The second kappa shape index (κ2) is 7.95. The van der Waals surface area contributed by atoms with Crippen molar-refractivity contribution in [3.8, 4) is 0 Å². The van der Waals surface area contributed by atoms with Crippen LogP contribution in [0.15, 0.2) is 12.3 Å². The molecule has 1 aromatic heterocycles. The molecule has 1 aromatic rings. The van der Waals surface area contributed by atoms with Crippen LogP contribution in [0.4, 0.5) is 0 Å². The minimum Gasteiger partial charge on any atom is -0.308 e. The topological polar surface area (TPSA) is 29.9 Å². The van der Waals surface area contributed by atoms with E-state index in [2.05, 4.69) is 46.8 Å². The zero-order valence-electron chi connectivity index (χ0n) is 12.3. The monoisotopic (exact) mass is 281 g/mol. The molecule has 0 aromatic carbocycles. The van der Waals surface area contributed by atoms with E-state index in [1.54, 1.807) is 0 Å². The molecule has 0 amide bonds. The Balaban J connectivity index is 1.94. The van der Waals surface area contributed by atoms with Gasteiger partial charge in [0.1, 0.15) is 0 Å². The number of nitrogens with one attached hydrogen (secondary N) is 1. The lowest BCUT2D eigenvalue weighted by Crippen LogP contribution is -2.27. The third-order valence-corrected chi connectivity index (χ3v) is 5.32. The number of thioether (sulfide) groups is 1. The average molecular weight is 281 g/mol. The summed E-state index contributed by atoms with van der Waals surface area (Å²) in [5.41, 5.74) is 1.35.